The first-order valence-electron chi connectivity index (χ1n) is 11.4. The highest BCUT2D eigenvalue weighted by Gasteiger charge is 2.30. The normalized spacial score (nSPS) is 19.0. The van der Waals surface area contributed by atoms with Gasteiger partial charge in [0.1, 0.15) is 12.4 Å². The van der Waals surface area contributed by atoms with E-state index in [0.29, 0.717) is 12.5 Å². The minimum absolute atomic E-state index is 0.218. The first-order valence-corrected chi connectivity index (χ1v) is 11.4. The maximum absolute atomic E-state index is 12.8. The Bertz CT molecular complexity index is 807. The lowest BCUT2D eigenvalue weighted by Gasteiger charge is -2.36. The van der Waals surface area contributed by atoms with E-state index in [-0.39, 0.29) is 5.92 Å². The summed E-state index contributed by atoms with van der Waals surface area (Å²) >= 11 is 0. The zero-order chi connectivity index (χ0) is 20.8. The molecule has 0 aromatic heterocycles. The summed E-state index contributed by atoms with van der Waals surface area (Å²) < 4.78 is 5.98. The van der Waals surface area contributed by atoms with Crippen LogP contribution in [0, 0.1) is 11.8 Å². The Balaban J connectivity index is 1.24. The molecule has 1 amide bonds. The molecule has 0 aliphatic carbocycles. The third-order valence-corrected chi connectivity index (χ3v) is 6.59. The molecule has 2 aromatic carbocycles. The number of hydrogen-bond acceptors (Lipinski definition) is 3. The smallest absolute Gasteiger partial charge is 0.225 e. The number of benzene rings is 2. The van der Waals surface area contributed by atoms with Crippen molar-refractivity contribution in [3.8, 4) is 5.75 Å². The van der Waals surface area contributed by atoms with Gasteiger partial charge in [0, 0.05) is 25.6 Å². The van der Waals surface area contributed by atoms with Crippen molar-refractivity contribution in [1.29, 1.82) is 0 Å². The number of hydrogen-bond donors (Lipinski definition) is 0. The molecular formula is C26H34N2O2. The summed E-state index contributed by atoms with van der Waals surface area (Å²) in [6, 6.07) is 18.7. The Labute approximate surface area is 180 Å². The molecule has 30 heavy (non-hydrogen) atoms. The average Bonchev–Trinajstić information content (AvgIpc) is 2.79. The van der Waals surface area contributed by atoms with Gasteiger partial charge >= 0.3 is 0 Å². The van der Waals surface area contributed by atoms with Gasteiger partial charge in [0.25, 0.3) is 0 Å². The molecule has 0 spiro atoms. The third kappa shape index (κ3) is 5.63. The van der Waals surface area contributed by atoms with Crippen LogP contribution in [0.4, 0.5) is 0 Å². The molecule has 4 heteroatoms. The van der Waals surface area contributed by atoms with E-state index in [1.165, 1.54) is 11.1 Å². The fourth-order valence-corrected chi connectivity index (χ4v) is 4.56. The predicted molar refractivity (Wildman–Crippen MR) is 120 cm³/mol. The first kappa shape index (κ1) is 20.9. The van der Waals surface area contributed by atoms with E-state index in [1.54, 1.807) is 0 Å². The summed E-state index contributed by atoms with van der Waals surface area (Å²) in [7, 11) is 0. The summed E-state index contributed by atoms with van der Waals surface area (Å²) in [6.07, 6.45) is 4.28. The predicted octanol–water partition coefficient (Wildman–Crippen LogP) is 4.74. The Morgan fingerprint density at radius 2 is 1.60 bits per heavy atom. The van der Waals surface area contributed by atoms with Crippen molar-refractivity contribution in [2.75, 3.05) is 26.2 Å². The molecular weight excluding hydrogens is 372 g/mol. The maximum Gasteiger partial charge on any atom is 0.225 e. The minimum atomic E-state index is 0.218. The van der Waals surface area contributed by atoms with Gasteiger partial charge in [-0.1, -0.05) is 49.4 Å². The molecule has 0 atom stereocenters. The van der Waals surface area contributed by atoms with Crippen molar-refractivity contribution in [1.82, 2.24) is 9.80 Å². The molecule has 0 bridgehead atoms. The second-order valence-electron chi connectivity index (χ2n) is 8.98. The van der Waals surface area contributed by atoms with Crippen LogP contribution in [0.1, 0.15) is 43.7 Å². The van der Waals surface area contributed by atoms with Gasteiger partial charge in [-0.3, -0.25) is 9.69 Å². The van der Waals surface area contributed by atoms with E-state index in [1.807, 2.05) is 24.3 Å². The minimum Gasteiger partial charge on any atom is -0.489 e. The number of ether oxygens (including phenoxy) is 1. The molecule has 4 nitrogen and oxygen atoms in total. The second kappa shape index (κ2) is 10.1. The van der Waals surface area contributed by atoms with E-state index in [0.717, 1.165) is 70.1 Å². The van der Waals surface area contributed by atoms with E-state index in [9.17, 15) is 4.79 Å². The topological polar surface area (TPSA) is 32.8 Å². The first-order chi connectivity index (χ1) is 14.7. The van der Waals surface area contributed by atoms with Crippen LogP contribution in [0.15, 0.2) is 54.6 Å². The Kier molecular flexibility index (Phi) is 7.06. The molecule has 0 radical (unpaired) electrons. The van der Waals surface area contributed by atoms with Crippen LogP contribution in [0.2, 0.25) is 0 Å². The quantitative estimate of drug-likeness (QED) is 0.695. The van der Waals surface area contributed by atoms with Crippen molar-refractivity contribution >= 4 is 5.91 Å². The molecule has 0 unspecified atom stereocenters. The fraction of sp³-hybridized carbons (Fsp3) is 0.500. The molecule has 2 aromatic rings. The number of nitrogens with zero attached hydrogens (tertiary/aromatic N) is 2. The van der Waals surface area contributed by atoms with Crippen LogP contribution in [0.5, 0.6) is 5.75 Å². The third-order valence-electron chi connectivity index (χ3n) is 6.59. The highest BCUT2D eigenvalue weighted by molar-refractivity contribution is 5.79. The molecule has 0 saturated carbocycles. The summed E-state index contributed by atoms with van der Waals surface area (Å²) in [6.45, 7) is 7.71. The number of carbonyl (C=O) groups excluding carboxylic acids is 1. The van der Waals surface area contributed by atoms with Gasteiger partial charge in [-0.25, -0.2) is 0 Å². The maximum atomic E-state index is 12.8. The van der Waals surface area contributed by atoms with Gasteiger partial charge in [-0.2, -0.15) is 0 Å². The van der Waals surface area contributed by atoms with Gasteiger partial charge in [0.2, 0.25) is 5.91 Å². The van der Waals surface area contributed by atoms with Gasteiger partial charge in [0.05, 0.1) is 0 Å². The summed E-state index contributed by atoms with van der Waals surface area (Å²) in [5, 5.41) is 0. The number of piperidine rings is 2. The highest BCUT2D eigenvalue weighted by atomic mass is 16.5. The van der Waals surface area contributed by atoms with Crippen LogP contribution in [-0.2, 0) is 17.9 Å². The number of amides is 1. The Morgan fingerprint density at radius 3 is 2.33 bits per heavy atom. The van der Waals surface area contributed by atoms with E-state index in [2.05, 4.69) is 47.1 Å². The van der Waals surface area contributed by atoms with Crippen molar-refractivity contribution in [3.05, 3.63) is 65.7 Å². The number of carbonyl (C=O) groups is 1. The van der Waals surface area contributed by atoms with Crippen molar-refractivity contribution in [3.63, 3.8) is 0 Å². The summed E-state index contributed by atoms with van der Waals surface area (Å²) in [4.78, 5) is 17.4. The largest absolute Gasteiger partial charge is 0.489 e. The van der Waals surface area contributed by atoms with Gasteiger partial charge < -0.3 is 9.64 Å². The Hall–Kier alpha value is -2.33. The summed E-state index contributed by atoms with van der Waals surface area (Å²) in [5.41, 5.74) is 2.45. The van der Waals surface area contributed by atoms with Crippen LogP contribution >= 0.6 is 0 Å². The number of rotatable bonds is 6. The molecule has 2 heterocycles. The van der Waals surface area contributed by atoms with Gasteiger partial charge in [-0.15, -0.1) is 0 Å². The lowest BCUT2D eigenvalue weighted by molar-refractivity contribution is -0.138. The van der Waals surface area contributed by atoms with Crippen LogP contribution in [0.3, 0.4) is 0 Å². The van der Waals surface area contributed by atoms with E-state index in [4.69, 9.17) is 4.74 Å². The molecule has 2 aliphatic heterocycles. The second-order valence-corrected chi connectivity index (χ2v) is 8.98. The molecule has 2 aliphatic rings. The summed E-state index contributed by atoms with van der Waals surface area (Å²) in [5.74, 6) is 2.30. The number of likely N-dealkylation sites (tertiary alicyclic amines) is 2. The van der Waals surface area contributed by atoms with Crippen molar-refractivity contribution in [2.24, 2.45) is 11.8 Å². The molecule has 0 N–H and O–H groups in total. The molecule has 2 fully saturated rings. The van der Waals surface area contributed by atoms with Crippen LogP contribution in [-0.4, -0.2) is 41.9 Å². The zero-order valence-electron chi connectivity index (χ0n) is 18.1. The van der Waals surface area contributed by atoms with Crippen LogP contribution in [0.25, 0.3) is 0 Å². The lowest BCUT2D eigenvalue weighted by atomic mass is 9.92. The molecule has 160 valence electrons. The lowest BCUT2D eigenvalue weighted by Crippen LogP contribution is -2.45. The Morgan fingerprint density at radius 1 is 0.900 bits per heavy atom. The molecule has 4 rings (SSSR count). The van der Waals surface area contributed by atoms with E-state index >= 15 is 0 Å². The SMILES string of the molecule is CC1CCN(C(=O)C2CCN(Cc3cccc(OCc4ccccc4)c3)CC2)CC1. The van der Waals surface area contributed by atoms with Crippen molar-refractivity contribution < 1.29 is 9.53 Å². The van der Waals surface area contributed by atoms with Gasteiger partial charge in [-0.05, 0) is 68.0 Å². The van der Waals surface area contributed by atoms with Crippen LogP contribution < -0.4 is 4.74 Å². The molecule has 2 saturated heterocycles. The standard InChI is InChI=1S/C26H34N2O2/c1-21-10-16-28(17-11-21)26(29)24-12-14-27(15-13-24)19-23-8-5-9-25(18-23)30-20-22-6-3-2-4-7-22/h2-9,18,21,24H,10-17,19-20H2,1H3. The average molecular weight is 407 g/mol. The fourth-order valence-electron chi connectivity index (χ4n) is 4.56. The monoisotopic (exact) mass is 406 g/mol. The van der Waals surface area contributed by atoms with Crippen molar-refractivity contribution in [2.45, 2.75) is 45.8 Å². The van der Waals surface area contributed by atoms with E-state index < -0.39 is 0 Å². The zero-order valence-corrected chi connectivity index (χ0v) is 18.1. The highest BCUT2D eigenvalue weighted by Crippen LogP contribution is 2.25. The van der Waals surface area contributed by atoms with Gasteiger partial charge in [0.15, 0.2) is 0 Å².